The second-order valence-electron chi connectivity index (χ2n) is 7.54. The smallest absolute Gasteiger partial charge is 0.303 e. The normalized spacial score (nSPS) is 12.0. The zero-order valence-corrected chi connectivity index (χ0v) is 19.3. The summed E-state index contributed by atoms with van der Waals surface area (Å²) in [4.78, 5) is 15.4. The van der Waals surface area contributed by atoms with E-state index in [0.29, 0.717) is 5.65 Å². The van der Waals surface area contributed by atoms with E-state index in [1.165, 1.54) is 20.4 Å². The van der Waals surface area contributed by atoms with Gasteiger partial charge in [0.1, 0.15) is 5.69 Å². The minimum absolute atomic E-state index is 0.673. The molecule has 0 spiro atoms. The molecule has 0 aliphatic heterocycles. The van der Waals surface area contributed by atoms with E-state index in [9.17, 15) is 0 Å². The number of benzene rings is 1. The highest BCUT2D eigenvalue weighted by atomic mass is 15.5. The van der Waals surface area contributed by atoms with Gasteiger partial charge in [-0.15, -0.1) is 20.0 Å². The largest absolute Gasteiger partial charge is 0.334 e. The molecule has 3 aromatic rings. The molecule has 0 radical (unpaired) electrons. The summed E-state index contributed by atoms with van der Waals surface area (Å²) in [5.41, 5.74) is 3.70. The van der Waals surface area contributed by atoms with E-state index >= 15 is 0 Å². The molecular weight excluding hydrogens is 376 g/mol. The van der Waals surface area contributed by atoms with E-state index < -0.39 is 0 Å². The molecule has 1 aromatic carbocycles. The van der Waals surface area contributed by atoms with Crippen LogP contribution in [-0.2, 0) is 0 Å². The number of aromatic nitrogens is 5. The van der Waals surface area contributed by atoms with Crippen LogP contribution in [0.5, 0.6) is 0 Å². The van der Waals surface area contributed by atoms with Gasteiger partial charge in [-0.05, 0) is 53.7 Å². The van der Waals surface area contributed by atoms with Crippen molar-refractivity contribution in [3.8, 4) is 5.69 Å². The van der Waals surface area contributed by atoms with Crippen molar-refractivity contribution >= 4 is 28.6 Å². The van der Waals surface area contributed by atoms with Gasteiger partial charge in [0, 0.05) is 12.1 Å². The van der Waals surface area contributed by atoms with Crippen molar-refractivity contribution in [1.29, 1.82) is 0 Å². The van der Waals surface area contributed by atoms with Gasteiger partial charge in [-0.25, -0.2) is 0 Å². The molecule has 2 heterocycles. The number of hydrogen-bond donors (Lipinski definition) is 3. The third-order valence-corrected chi connectivity index (χ3v) is 5.97. The fraction of sp³-hybridized carbons (Fsp3) is 0.545. The molecule has 2 aromatic heterocycles. The second kappa shape index (κ2) is 10.1. The van der Waals surface area contributed by atoms with Crippen molar-refractivity contribution in [2.75, 3.05) is 39.3 Å². The average Bonchev–Trinajstić information content (AvgIpc) is 3.21. The summed E-state index contributed by atoms with van der Waals surface area (Å²) in [6.07, 6.45) is 0. The Morgan fingerprint density at radius 1 is 0.667 bits per heavy atom. The predicted molar refractivity (Wildman–Crippen MR) is 120 cm³/mol. The maximum atomic E-state index is 4.95. The molecule has 0 saturated heterocycles. The Hall–Kier alpha value is -2.42. The Kier molecular flexibility index (Phi) is 7.47. The van der Waals surface area contributed by atoms with Gasteiger partial charge in [0.15, 0.2) is 0 Å². The topological polar surface area (TPSA) is 69.8 Å². The maximum Gasteiger partial charge on any atom is 0.334 e. The van der Waals surface area contributed by atoms with Crippen LogP contribution in [0.25, 0.3) is 16.9 Å². The minimum atomic E-state index is 0.673. The molecule has 0 atom stereocenters. The molecule has 30 heavy (non-hydrogen) atoms. The Bertz CT molecular complexity index is 938. The molecule has 3 rings (SSSR count). The molecule has 3 N–H and O–H groups in total. The molecule has 0 unspecified atom stereocenters. The SMILES string of the molecule is CC[NH+](CC)c1ccc(-n2nc3nc([NH+](CC)CC)nc([NH+](CC)CC)c3n2)cc1. The quantitative estimate of drug-likeness (QED) is 0.433. The Morgan fingerprint density at radius 2 is 1.23 bits per heavy atom. The Balaban J connectivity index is 2.08. The van der Waals surface area contributed by atoms with Crippen molar-refractivity contribution in [2.24, 2.45) is 0 Å². The number of nitrogens with one attached hydrogen (secondary N) is 3. The van der Waals surface area contributed by atoms with Gasteiger partial charge >= 0.3 is 5.95 Å². The summed E-state index contributed by atoms with van der Waals surface area (Å²) in [6.45, 7) is 19.0. The molecule has 0 aliphatic rings. The molecule has 162 valence electrons. The van der Waals surface area contributed by atoms with Gasteiger partial charge in [0.2, 0.25) is 11.2 Å². The van der Waals surface area contributed by atoms with Crippen molar-refractivity contribution in [3.63, 3.8) is 0 Å². The molecule has 0 amide bonds. The van der Waals surface area contributed by atoms with Gasteiger partial charge in [0.25, 0.3) is 5.82 Å². The Labute approximate surface area is 179 Å². The molecule has 0 bridgehead atoms. The van der Waals surface area contributed by atoms with Crippen LogP contribution in [0.15, 0.2) is 24.3 Å². The lowest BCUT2D eigenvalue weighted by atomic mass is 10.2. The summed E-state index contributed by atoms with van der Waals surface area (Å²) >= 11 is 0. The zero-order valence-electron chi connectivity index (χ0n) is 19.3. The first-order valence-corrected chi connectivity index (χ1v) is 11.4. The summed E-state index contributed by atoms with van der Waals surface area (Å²) in [7, 11) is 0. The van der Waals surface area contributed by atoms with Gasteiger partial charge in [-0.2, -0.15) is 4.98 Å². The van der Waals surface area contributed by atoms with E-state index in [2.05, 4.69) is 65.8 Å². The second-order valence-corrected chi connectivity index (χ2v) is 7.54. The highest BCUT2D eigenvalue weighted by Crippen LogP contribution is 2.17. The standard InChI is InChI=1S/C22H34N8/c1-7-27(8-2)17-13-15-18(16-14-17)30-25-19-20(26-30)23-22(29(11-5)12-6)24-21(19)28(9-3)10-4/h13-16H,7-12H2,1-6H3/p+3. The minimum Gasteiger partial charge on any atom is -0.303 e. The summed E-state index contributed by atoms with van der Waals surface area (Å²) in [5.74, 6) is 1.77. The lowest BCUT2D eigenvalue weighted by Crippen LogP contribution is -3.08. The first-order valence-electron chi connectivity index (χ1n) is 11.4. The number of hydrogen-bond acceptors (Lipinski definition) is 4. The van der Waals surface area contributed by atoms with E-state index in [-0.39, 0.29) is 0 Å². The van der Waals surface area contributed by atoms with Crippen LogP contribution in [0.2, 0.25) is 0 Å². The van der Waals surface area contributed by atoms with E-state index in [1.807, 2.05) is 0 Å². The summed E-state index contributed by atoms with van der Waals surface area (Å²) in [6, 6.07) is 8.51. The molecule has 0 fully saturated rings. The van der Waals surface area contributed by atoms with Crippen LogP contribution in [-0.4, -0.2) is 64.2 Å². The fourth-order valence-corrected chi connectivity index (χ4v) is 3.97. The van der Waals surface area contributed by atoms with Gasteiger partial charge in [-0.3, -0.25) is 9.80 Å². The summed E-state index contributed by atoms with van der Waals surface area (Å²) < 4.78 is 0. The first-order chi connectivity index (χ1) is 14.6. The molecule has 0 aliphatic carbocycles. The van der Waals surface area contributed by atoms with Crippen LogP contribution in [0.1, 0.15) is 41.5 Å². The monoisotopic (exact) mass is 413 g/mol. The van der Waals surface area contributed by atoms with Gasteiger partial charge in [0.05, 0.1) is 45.0 Å². The van der Waals surface area contributed by atoms with Crippen LogP contribution in [0.3, 0.4) is 0 Å². The predicted octanol–water partition coefficient (Wildman–Crippen LogP) is -0.121. The van der Waals surface area contributed by atoms with E-state index in [1.54, 1.807) is 4.80 Å². The van der Waals surface area contributed by atoms with Crippen molar-refractivity contribution in [3.05, 3.63) is 24.3 Å². The average molecular weight is 414 g/mol. The fourth-order valence-electron chi connectivity index (χ4n) is 3.97. The highest BCUT2D eigenvalue weighted by molar-refractivity contribution is 5.78. The van der Waals surface area contributed by atoms with Crippen LogP contribution in [0, 0.1) is 0 Å². The third-order valence-electron chi connectivity index (χ3n) is 5.97. The van der Waals surface area contributed by atoms with Crippen molar-refractivity contribution in [1.82, 2.24) is 25.0 Å². The number of rotatable bonds is 10. The van der Waals surface area contributed by atoms with Crippen molar-refractivity contribution < 1.29 is 14.7 Å². The number of fused-ring (bicyclic) bond motifs is 1. The van der Waals surface area contributed by atoms with Crippen LogP contribution >= 0.6 is 0 Å². The molecular formula is C22H37N8+3. The lowest BCUT2D eigenvalue weighted by Gasteiger charge is -2.16. The van der Waals surface area contributed by atoms with E-state index in [0.717, 1.165) is 62.2 Å². The molecule has 8 heteroatoms. The summed E-state index contributed by atoms with van der Waals surface area (Å²) in [5, 5.41) is 9.55. The third kappa shape index (κ3) is 4.35. The highest BCUT2D eigenvalue weighted by Gasteiger charge is 2.25. The molecule has 0 saturated carbocycles. The first kappa shape index (κ1) is 22.3. The van der Waals surface area contributed by atoms with Crippen molar-refractivity contribution in [2.45, 2.75) is 41.5 Å². The lowest BCUT2D eigenvalue weighted by molar-refractivity contribution is -0.840. The van der Waals surface area contributed by atoms with Gasteiger partial charge < -0.3 is 4.90 Å². The molecule has 8 nitrogen and oxygen atoms in total. The number of nitrogens with zero attached hydrogens (tertiary/aromatic N) is 5. The zero-order chi connectivity index (χ0) is 21.7. The van der Waals surface area contributed by atoms with Gasteiger partial charge in [-0.1, -0.05) is 0 Å². The van der Waals surface area contributed by atoms with Crippen LogP contribution < -0.4 is 14.7 Å². The maximum absolute atomic E-state index is 4.95. The Morgan fingerprint density at radius 3 is 1.77 bits per heavy atom. The van der Waals surface area contributed by atoms with E-state index in [4.69, 9.17) is 20.2 Å². The number of quaternary nitrogens is 3. The van der Waals surface area contributed by atoms with Crippen LogP contribution in [0.4, 0.5) is 17.5 Å².